The van der Waals surface area contributed by atoms with E-state index in [0.717, 1.165) is 24.9 Å². The summed E-state index contributed by atoms with van der Waals surface area (Å²) in [4.78, 5) is 5.16. The largest absolute Gasteiger partial charge is 0.354 e. The van der Waals surface area contributed by atoms with Crippen molar-refractivity contribution in [3.05, 3.63) is 12.3 Å². The van der Waals surface area contributed by atoms with Crippen LogP contribution in [0.1, 0.15) is 25.7 Å². The summed E-state index contributed by atoms with van der Waals surface area (Å²) >= 11 is 0. The van der Waals surface area contributed by atoms with Gasteiger partial charge in [-0.05, 0) is 25.8 Å². The van der Waals surface area contributed by atoms with Crippen LogP contribution in [-0.2, 0) is 7.05 Å². The molecular formula is C13H22N4. The molecule has 2 fully saturated rings. The van der Waals surface area contributed by atoms with E-state index in [9.17, 15) is 0 Å². The second-order valence-electron chi connectivity index (χ2n) is 5.33. The third-order valence-electron chi connectivity index (χ3n) is 4.08. The van der Waals surface area contributed by atoms with Crippen LogP contribution in [0.4, 0.5) is 5.82 Å². The molecule has 0 amide bonds. The molecule has 1 unspecified atom stereocenters. The quantitative estimate of drug-likeness (QED) is 0.735. The molecule has 1 aromatic heterocycles. The second-order valence-corrected chi connectivity index (χ2v) is 5.33. The standard InChI is InChI=1S/C13H22N4/c1-15-10-6-13(14-15)17-9-4-8-16-7-3-2-5-12(16)11-17/h6,10,12H,2-5,7-9,11H2,1H3. The molecular weight excluding hydrogens is 212 g/mol. The number of hydrogen-bond acceptors (Lipinski definition) is 3. The van der Waals surface area contributed by atoms with Gasteiger partial charge in [-0.15, -0.1) is 0 Å². The average Bonchev–Trinajstić information content (AvgIpc) is 2.65. The topological polar surface area (TPSA) is 24.3 Å². The third-order valence-corrected chi connectivity index (χ3v) is 4.08. The first-order valence-electron chi connectivity index (χ1n) is 6.81. The monoisotopic (exact) mass is 234 g/mol. The molecule has 0 bridgehead atoms. The van der Waals surface area contributed by atoms with Crippen LogP contribution in [0, 0.1) is 0 Å². The maximum absolute atomic E-state index is 4.54. The summed E-state index contributed by atoms with van der Waals surface area (Å²) in [5.41, 5.74) is 0. The van der Waals surface area contributed by atoms with Crippen molar-refractivity contribution in [3.8, 4) is 0 Å². The van der Waals surface area contributed by atoms with Crippen molar-refractivity contribution in [1.29, 1.82) is 0 Å². The van der Waals surface area contributed by atoms with E-state index in [2.05, 4.69) is 21.0 Å². The lowest BCUT2D eigenvalue weighted by Gasteiger charge is -2.35. The van der Waals surface area contributed by atoms with Crippen LogP contribution < -0.4 is 4.90 Å². The number of rotatable bonds is 1. The van der Waals surface area contributed by atoms with E-state index in [-0.39, 0.29) is 0 Å². The molecule has 0 aromatic carbocycles. The lowest BCUT2D eigenvalue weighted by molar-refractivity contribution is 0.162. The Kier molecular flexibility index (Phi) is 3.05. The van der Waals surface area contributed by atoms with Crippen LogP contribution in [-0.4, -0.2) is 46.9 Å². The molecule has 3 heterocycles. The Morgan fingerprint density at radius 1 is 1.18 bits per heavy atom. The van der Waals surface area contributed by atoms with Crippen molar-refractivity contribution < 1.29 is 0 Å². The fraction of sp³-hybridized carbons (Fsp3) is 0.769. The number of anilines is 1. The van der Waals surface area contributed by atoms with Crippen molar-refractivity contribution >= 4 is 5.82 Å². The van der Waals surface area contributed by atoms with Gasteiger partial charge in [-0.1, -0.05) is 6.42 Å². The summed E-state index contributed by atoms with van der Waals surface area (Å²) in [6.45, 7) is 4.90. The molecule has 1 aromatic rings. The van der Waals surface area contributed by atoms with E-state index in [1.165, 1.54) is 38.8 Å². The fourth-order valence-electron chi connectivity index (χ4n) is 3.15. The zero-order chi connectivity index (χ0) is 11.7. The number of nitrogens with zero attached hydrogens (tertiary/aromatic N) is 4. The maximum atomic E-state index is 4.54. The van der Waals surface area contributed by atoms with E-state index < -0.39 is 0 Å². The highest BCUT2D eigenvalue weighted by Gasteiger charge is 2.27. The minimum Gasteiger partial charge on any atom is -0.354 e. The minimum atomic E-state index is 0.758. The minimum absolute atomic E-state index is 0.758. The first kappa shape index (κ1) is 11.1. The predicted molar refractivity (Wildman–Crippen MR) is 69.3 cm³/mol. The highest BCUT2D eigenvalue weighted by molar-refractivity contribution is 5.37. The number of aromatic nitrogens is 2. The van der Waals surface area contributed by atoms with E-state index in [4.69, 9.17) is 0 Å². The van der Waals surface area contributed by atoms with Crippen LogP contribution in [0.5, 0.6) is 0 Å². The zero-order valence-corrected chi connectivity index (χ0v) is 10.7. The summed E-state index contributed by atoms with van der Waals surface area (Å²) in [5, 5.41) is 4.54. The molecule has 4 nitrogen and oxygen atoms in total. The molecule has 1 atom stereocenters. The second kappa shape index (κ2) is 4.69. The van der Waals surface area contributed by atoms with Crippen molar-refractivity contribution in [2.75, 3.05) is 31.1 Å². The lowest BCUT2D eigenvalue weighted by Crippen LogP contribution is -2.44. The smallest absolute Gasteiger partial charge is 0.150 e. The van der Waals surface area contributed by atoms with Crippen molar-refractivity contribution in [3.63, 3.8) is 0 Å². The van der Waals surface area contributed by atoms with E-state index in [1.54, 1.807) is 0 Å². The molecule has 0 aliphatic carbocycles. The molecule has 3 rings (SSSR count). The van der Waals surface area contributed by atoms with Gasteiger partial charge < -0.3 is 4.90 Å². The van der Waals surface area contributed by atoms with Crippen LogP contribution in [0.25, 0.3) is 0 Å². The molecule has 17 heavy (non-hydrogen) atoms. The first-order chi connectivity index (χ1) is 8.33. The molecule has 2 saturated heterocycles. The summed E-state index contributed by atoms with van der Waals surface area (Å²) in [6, 6.07) is 2.90. The molecule has 0 saturated carbocycles. The Balaban J connectivity index is 1.74. The fourth-order valence-corrected chi connectivity index (χ4v) is 3.15. The van der Waals surface area contributed by atoms with Gasteiger partial charge in [0.05, 0.1) is 0 Å². The summed E-state index contributed by atoms with van der Waals surface area (Å²) < 4.78 is 1.90. The number of piperidine rings is 1. The van der Waals surface area contributed by atoms with Gasteiger partial charge in [-0.3, -0.25) is 9.58 Å². The highest BCUT2D eigenvalue weighted by Crippen LogP contribution is 2.23. The van der Waals surface area contributed by atoms with Crippen LogP contribution in [0.15, 0.2) is 12.3 Å². The van der Waals surface area contributed by atoms with E-state index in [0.29, 0.717) is 0 Å². The summed E-state index contributed by atoms with van der Waals surface area (Å²) in [6.07, 6.45) is 7.46. The van der Waals surface area contributed by atoms with Gasteiger partial charge in [-0.2, -0.15) is 5.10 Å². The van der Waals surface area contributed by atoms with E-state index in [1.807, 2.05) is 17.9 Å². The van der Waals surface area contributed by atoms with Gasteiger partial charge in [0.1, 0.15) is 0 Å². The van der Waals surface area contributed by atoms with Gasteiger partial charge in [0.25, 0.3) is 0 Å². The van der Waals surface area contributed by atoms with Crippen LogP contribution >= 0.6 is 0 Å². The van der Waals surface area contributed by atoms with Gasteiger partial charge in [-0.25, -0.2) is 0 Å². The number of aryl methyl sites for hydroxylation is 1. The lowest BCUT2D eigenvalue weighted by atomic mass is 10.0. The number of hydrogen-bond donors (Lipinski definition) is 0. The zero-order valence-electron chi connectivity index (χ0n) is 10.7. The Morgan fingerprint density at radius 2 is 2.06 bits per heavy atom. The van der Waals surface area contributed by atoms with Gasteiger partial charge in [0.2, 0.25) is 0 Å². The molecule has 0 spiro atoms. The molecule has 94 valence electrons. The average molecular weight is 234 g/mol. The summed E-state index contributed by atoms with van der Waals surface area (Å²) in [5.74, 6) is 1.15. The van der Waals surface area contributed by atoms with Gasteiger partial charge in [0.15, 0.2) is 5.82 Å². The molecule has 2 aliphatic heterocycles. The molecule has 0 radical (unpaired) electrons. The van der Waals surface area contributed by atoms with Crippen LogP contribution in [0.3, 0.4) is 0 Å². The normalized spacial score (nSPS) is 26.6. The predicted octanol–water partition coefficient (Wildman–Crippen LogP) is 1.48. The van der Waals surface area contributed by atoms with Crippen molar-refractivity contribution in [2.45, 2.75) is 31.7 Å². The van der Waals surface area contributed by atoms with Gasteiger partial charge >= 0.3 is 0 Å². The molecule has 0 N–H and O–H groups in total. The maximum Gasteiger partial charge on any atom is 0.150 e. The SMILES string of the molecule is Cn1ccc(N2CCCN3CCCCC3C2)n1. The third kappa shape index (κ3) is 2.32. The Morgan fingerprint density at radius 3 is 2.88 bits per heavy atom. The summed E-state index contributed by atoms with van der Waals surface area (Å²) in [7, 11) is 1.99. The van der Waals surface area contributed by atoms with E-state index >= 15 is 0 Å². The Hall–Kier alpha value is -1.03. The van der Waals surface area contributed by atoms with Crippen molar-refractivity contribution in [2.24, 2.45) is 7.05 Å². The van der Waals surface area contributed by atoms with Crippen LogP contribution in [0.2, 0.25) is 0 Å². The Bertz CT molecular complexity index is 373. The first-order valence-corrected chi connectivity index (χ1v) is 6.81. The van der Waals surface area contributed by atoms with Gasteiger partial charge in [0, 0.05) is 45.0 Å². The molecule has 4 heteroatoms. The van der Waals surface area contributed by atoms with Crippen molar-refractivity contribution in [1.82, 2.24) is 14.7 Å². The number of fused-ring (bicyclic) bond motifs is 1. The highest BCUT2D eigenvalue weighted by atomic mass is 15.4. The molecule has 2 aliphatic rings. The Labute approximate surface area is 103 Å².